The number of nitriles is 1. The molecular weight excluding hydrogens is 239 g/mol. The molecule has 0 atom stereocenters. The first-order valence-electron chi connectivity index (χ1n) is 4.30. The van der Waals surface area contributed by atoms with E-state index in [-0.39, 0.29) is 17.7 Å². The summed E-state index contributed by atoms with van der Waals surface area (Å²) in [4.78, 5) is 9.32. The fraction of sp³-hybridized carbons (Fsp3) is 0.222. The number of nitro benzene ring substituents is 1. The van der Waals surface area contributed by atoms with E-state index in [1.165, 1.54) is 0 Å². The highest BCUT2D eigenvalue weighted by Crippen LogP contribution is 2.37. The Kier molecular flexibility index (Phi) is 3.34. The summed E-state index contributed by atoms with van der Waals surface area (Å²) in [5.74, 6) is 0. The first-order chi connectivity index (χ1) is 7.81. The van der Waals surface area contributed by atoms with Crippen molar-refractivity contribution >= 4 is 5.69 Å². The zero-order chi connectivity index (χ0) is 13.2. The lowest BCUT2D eigenvalue weighted by atomic mass is 10.0. The van der Waals surface area contributed by atoms with Crippen molar-refractivity contribution in [2.24, 2.45) is 5.73 Å². The topological polar surface area (TPSA) is 92.9 Å². The molecule has 1 aromatic carbocycles. The first-order valence-corrected chi connectivity index (χ1v) is 4.30. The van der Waals surface area contributed by atoms with Crippen LogP contribution in [0.25, 0.3) is 0 Å². The number of nitrogens with zero attached hydrogens (tertiary/aromatic N) is 2. The van der Waals surface area contributed by atoms with Crippen LogP contribution in [0.3, 0.4) is 0 Å². The van der Waals surface area contributed by atoms with Gasteiger partial charge in [-0.25, -0.2) is 0 Å². The maximum absolute atomic E-state index is 12.5. The molecule has 0 bridgehead atoms. The maximum Gasteiger partial charge on any atom is 0.423 e. The van der Waals surface area contributed by atoms with Crippen molar-refractivity contribution in [1.82, 2.24) is 0 Å². The van der Waals surface area contributed by atoms with Crippen LogP contribution in [-0.2, 0) is 12.7 Å². The van der Waals surface area contributed by atoms with E-state index in [4.69, 9.17) is 11.0 Å². The largest absolute Gasteiger partial charge is 0.423 e. The Labute approximate surface area is 93.4 Å². The molecule has 0 saturated heterocycles. The van der Waals surface area contributed by atoms with Crippen LogP contribution in [0.15, 0.2) is 12.1 Å². The minimum absolute atomic E-state index is 0.0783. The fourth-order valence-electron chi connectivity index (χ4n) is 1.28. The molecular formula is C9H6F3N3O2. The molecule has 0 amide bonds. The van der Waals surface area contributed by atoms with Crippen molar-refractivity contribution in [3.8, 4) is 6.07 Å². The molecule has 2 N–H and O–H groups in total. The molecule has 0 fully saturated rings. The third-order valence-electron chi connectivity index (χ3n) is 2.06. The highest BCUT2D eigenvalue weighted by Gasteiger charge is 2.39. The van der Waals surface area contributed by atoms with E-state index in [9.17, 15) is 23.3 Å². The number of nitrogens with two attached hydrogens (primary N) is 1. The smallest absolute Gasteiger partial charge is 0.326 e. The van der Waals surface area contributed by atoms with Crippen LogP contribution >= 0.6 is 0 Å². The standard InChI is InChI=1S/C9H6F3N3O2/c10-9(11,12)7-1-5(3-13)6(4-14)2-8(7)15(16)17/h1-2H,3,13H2. The van der Waals surface area contributed by atoms with Gasteiger partial charge in [0.25, 0.3) is 5.69 Å². The van der Waals surface area contributed by atoms with Gasteiger partial charge in [0.1, 0.15) is 5.56 Å². The zero-order valence-electron chi connectivity index (χ0n) is 8.28. The molecule has 90 valence electrons. The number of hydrogen-bond acceptors (Lipinski definition) is 4. The van der Waals surface area contributed by atoms with Gasteiger partial charge in [0, 0.05) is 12.6 Å². The van der Waals surface area contributed by atoms with Crippen molar-refractivity contribution in [1.29, 1.82) is 5.26 Å². The number of nitro groups is 1. The van der Waals surface area contributed by atoms with E-state index in [1.807, 2.05) is 0 Å². The minimum Gasteiger partial charge on any atom is -0.326 e. The van der Waals surface area contributed by atoms with E-state index in [1.54, 1.807) is 6.07 Å². The second-order valence-corrected chi connectivity index (χ2v) is 3.10. The van der Waals surface area contributed by atoms with Crippen LogP contribution in [0, 0.1) is 21.4 Å². The zero-order valence-corrected chi connectivity index (χ0v) is 8.28. The lowest BCUT2D eigenvalue weighted by Gasteiger charge is -2.10. The molecule has 1 aromatic rings. The van der Waals surface area contributed by atoms with E-state index >= 15 is 0 Å². The van der Waals surface area contributed by atoms with Crippen molar-refractivity contribution in [3.05, 3.63) is 38.9 Å². The van der Waals surface area contributed by atoms with Gasteiger partial charge in [-0.05, 0) is 11.6 Å². The van der Waals surface area contributed by atoms with Gasteiger partial charge in [0.2, 0.25) is 0 Å². The number of benzene rings is 1. The van der Waals surface area contributed by atoms with Crippen LogP contribution in [0.4, 0.5) is 18.9 Å². The van der Waals surface area contributed by atoms with Gasteiger partial charge < -0.3 is 5.73 Å². The Morgan fingerprint density at radius 1 is 1.47 bits per heavy atom. The number of hydrogen-bond donors (Lipinski definition) is 1. The van der Waals surface area contributed by atoms with Gasteiger partial charge in [0.05, 0.1) is 16.6 Å². The third kappa shape index (κ3) is 2.51. The van der Waals surface area contributed by atoms with Crippen molar-refractivity contribution in [2.45, 2.75) is 12.7 Å². The number of halogens is 3. The van der Waals surface area contributed by atoms with Gasteiger partial charge >= 0.3 is 6.18 Å². The molecule has 0 radical (unpaired) electrons. The molecule has 0 aliphatic heterocycles. The van der Waals surface area contributed by atoms with E-state index in [0.717, 1.165) is 0 Å². The fourth-order valence-corrected chi connectivity index (χ4v) is 1.28. The summed E-state index contributed by atoms with van der Waals surface area (Å²) in [7, 11) is 0. The van der Waals surface area contributed by atoms with E-state index in [0.29, 0.717) is 12.1 Å². The molecule has 0 aliphatic carbocycles. The summed E-state index contributed by atoms with van der Waals surface area (Å²) < 4.78 is 37.6. The predicted octanol–water partition coefficient (Wildman–Crippen LogP) is 1.94. The third-order valence-corrected chi connectivity index (χ3v) is 2.06. The SMILES string of the molecule is N#Cc1cc([N+](=O)[O-])c(C(F)(F)F)cc1CN. The van der Waals surface area contributed by atoms with E-state index in [2.05, 4.69) is 0 Å². The van der Waals surface area contributed by atoms with Gasteiger partial charge in [-0.1, -0.05) is 0 Å². The molecule has 1 rings (SSSR count). The normalized spacial score (nSPS) is 11.0. The van der Waals surface area contributed by atoms with Crippen molar-refractivity contribution in [3.63, 3.8) is 0 Å². The summed E-state index contributed by atoms with van der Waals surface area (Å²) in [5, 5.41) is 19.1. The summed E-state index contributed by atoms with van der Waals surface area (Å²) in [5.41, 5.74) is 2.32. The van der Waals surface area contributed by atoms with Crippen LogP contribution in [0.1, 0.15) is 16.7 Å². The first kappa shape index (κ1) is 12.9. The average molecular weight is 245 g/mol. The highest BCUT2D eigenvalue weighted by molar-refractivity contribution is 5.53. The lowest BCUT2D eigenvalue weighted by molar-refractivity contribution is -0.388. The van der Waals surface area contributed by atoms with Crippen molar-refractivity contribution < 1.29 is 18.1 Å². The summed E-state index contributed by atoms with van der Waals surface area (Å²) in [6.07, 6.45) is -4.86. The van der Waals surface area contributed by atoms with Crippen LogP contribution in [0.2, 0.25) is 0 Å². The Balaban J connectivity index is 3.59. The average Bonchev–Trinajstić information content (AvgIpc) is 2.25. The predicted molar refractivity (Wildman–Crippen MR) is 50.7 cm³/mol. The summed E-state index contributed by atoms with van der Waals surface area (Å²) in [6, 6.07) is 2.70. The van der Waals surface area contributed by atoms with Crippen molar-refractivity contribution in [2.75, 3.05) is 0 Å². The molecule has 0 spiro atoms. The highest BCUT2D eigenvalue weighted by atomic mass is 19.4. The lowest BCUT2D eigenvalue weighted by Crippen LogP contribution is -2.12. The minimum atomic E-state index is -4.86. The second-order valence-electron chi connectivity index (χ2n) is 3.10. The number of alkyl halides is 3. The van der Waals surface area contributed by atoms with Crippen LogP contribution in [0.5, 0.6) is 0 Å². The number of rotatable bonds is 2. The Morgan fingerprint density at radius 3 is 2.41 bits per heavy atom. The van der Waals surface area contributed by atoms with E-state index < -0.39 is 22.4 Å². The molecule has 0 aliphatic rings. The Hall–Kier alpha value is -2.14. The van der Waals surface area contributed by atoms with Gasteiger partial charge in [-0.15, -0.1) is 0 Å². The second kappa shape index (κ2) is 4.39. The van der Waals surface area contributed by atoms with Crippen LogP contribution in [-0.4, -0.2) is 4.92 Å². The quantitative estimate of drug-likeness (QED) is 0.636. The van der Waals surface area contributed by atoms with Gasteiger partial charge in [-0.2, -0.15) is 18.4 Å². The maximum atomic E-state index is 12.5. The molecule has 0 unspecified atom stereocenters. The molecule has 5 nitrogen and oxygen atoms in total. The monoisotopic (exact) mass is 245 g/mol. The van der Waals surface area contributed by atoms with Crippen LogP contribution < -0.4 is 5.73 Å². The summed E-state index contributed by atoms with van der Waals surface area (Å²) in [6.45, 7) is -0.302. The molecule has 0 aromatic heterocycles. The summed E-state index contributed by atoms with van der Waals surface area (Å²) >= 11 is 0. The molecule has 8 heteroatoms. The van der Waals surface area contributed by atoms with Gasteiger partial charge in [-0.3, -0.25) is 10.1 Å². The van der Waals surface area contributed by atoms with Gasteiger partial charge in [0.15, 0.2) is 0 Å². The molecule has 0 heterocycles. The Bertz CT molecular complexity index is 505. The Morgan fingerprint density at radius 2 is 2.06 bits per heavy atom. The molecule has 17 heavy (non-hydrogen) atoms. The molecule has 0 saturated carbocycles.